The Balaban J connectivity index is 2.46. The zero-order valence-electron chi connectivity index (χ0n) is 8.50. The lowest BCUT2D eigenvalue weighted by atomic mass is 10.3. The first-order chi connectivity index (χ1) is 7.63. The Morgan fingerprint density at radius 2 is 2.12 bits per heavy atom. The topological polar surface area (TPSA) is 64.3 Å². The van der Waals surface area contributed by atoms with Crippen molar-refractivity contribution in [2.75, 3.05) is 18.5 Å². The largest absolute Gasteiger partial charge is 0.449 e. The summed E-state index contributed by atoms with van der Waals surface area (Å²) in [6.45, 7) is 0.781. The van der Waals surface area contributed by atoms with E-state index in [0.717, 1.165) is 0 Å². The van der Waals surface area contributed by atoms with Crippen molar-refractivity contribution in [1.82, 2.24) is 0 Å². The molecule has 1 rings (SSSR count). The molecule has 16 heavy (non-hydrogen) atoms. The van der Waals surface area contributed by atoms with E-state index < -0.39 is 6.09 Å². The van der Waals surface area contributed by atoms with E-state index in [1.54, 1.807) is 18.2 Å². The van der Waals surface area contributed by atoms with Crippen molar-refractivity contribution in [2.24, 2.45) is 5.73 Å². The number of halogens is 2. The summed E-state index contributed by atoms with van der Waals surface area (Å²) in [5, 5.41) is 3.33. The van der Waals surface area contributed by atoms with Gasteiger partial charge in [-0.3, -0.25) is 5.32 Å². The molecule has 6 heteroatoms. The van der Waals surface area contributed by atoms with Crippen molar-refractivity contribution in [3.63, 3.8) is 0 Å². The molecule has 0 unspecified atom stereocenters. The number of nitrogens with two attached hydrogens (primary N) is 1. The maximum atomic E-state index is 11.2. The molecule has 1 amide bonds. The number of amides is 1. The highest BCUT2D eigenvalue weighted by Crippen LogP contribution is 2.24. The van der Waals surface area contributed by atoms with Crippen molar-refractivity contribution < 1.29 is 9.53 Å². The van der Waals surface area contributed by atoms with Crippen LogP contribution in [-0.2, 0) is 4.74 Å². The lowest BCUT2D eigenvalue weighted by molar-refractivity contribution is 0.161. The van der Waals surface area contributed by atoms with Gasteiger partial charge in [0.1, 0.15) is 0 Å². The zero-order chi connectivity index (χ0) is 12.0. The maximum absolute atomic E-state index is 11.2. The number of ether oxygens (including phenoxy) is 1. The van der Waals surface area contributed by atoms with E-state index in [-0.39, 0.29) is 0 Å². The van der Waals surface area contributed by atoms with Crippen LogP contribution >= 0.6 is 23.2 Å². The number of carbonyl (C=O) groups excluding carboxylic acids is 1. The van der Waals surface area contributed by atoms with E-state index in [4.69, 9.17) is 33.7 Å². The van der Waals surface area contributed by atoms with Crippen LogP contribution in [0.3, 0.4) is 0 Å². The minimum absolute atomic E-state index is 0.295. The number of hydrogen-bond acceptors (Lipinski definition) is 3. The van der Waals surface area contributed by atoms with Crippen molar-refractivity contribution in [2.45, 2.75) is 6.42 Å². The number of benzene rings is 1. The molecule has 3 N–H and O–H groups in total. The van der Waals surface area contributed by atoms with Crippen LogP contribution in [0.2, 0.25) is 10.0 Å². The average molecular weight is 263 g/mol. The highest BCUT2D eigenvalue weighted by atomic mass is 35.5. The highest BCUT2D eigenvalue weighted by molar-refractivity contribution is 6.42. The molecule has 0 bridgehead atoms. The number of nitrogens with one attached hydrogen (secondary N) is 1. The fraction of sp³-hybridized carbons (Fsp3) is 0.300. The predicted octanol–water partition coefficient (Wildman–Crippen LogP) is 2.89. The van der Waals surface area contributed by atoms with Crippen LogP contribution in [0.4, 0.5) is 10.5 Å². The highest BCUT2D eigenvalue weighted by Gasteiger charge is 2.04. The van der Waals surface area contributed by atoms with Crippen LogP contribution in [0.15, 0.2) is 18.2 Å². The van der Waals surface area contributed by atoms with Gasteiger partial charge in [0.25, 0.3) is 0 Å². The summed E-state index contributed by atoms with van der Waals surface area (Å²) < 4.78 is 4.85. The smallest absolute Gasteiger partial charge is 0.411 e. The molecule has 0 aromatic heterocycles. The molecule has 0 spiro atoms. The van der Waals surface area contributed by atoms with E-state index >= 15 is 0 Å². The van der Waals surface area contributed by atoms with E-state index in [0.29, 0.717) is 35.3 Å². The van der Waals surface area contributed by atoms with Gasteiger partial charge in [0.15, 0.2) is 0 Å². The normalized spacial score (nSPS) is 9.94. The number of anilines is 1. The number of hydrogen-bond donors (Lipinski definition) is 2. The minimum Gasteiger partial charge on any atom is -0.449 e. The second-order valence-electron chi connectivity index (χ2n) is 3.03. The third-order valence-electron chi connectivity index (χ3n) is 1.75. The quantitative estimate of drug-likeness (QED) is 0.821. The van der Waals surface area contributed by atoms with Crippen molar-refractivity contribution in [3.8, 4) is 0 Å². The molecule has 88 valence electrons. The summed E-state index contributed by atoms with van der Waals surface area (Å²) in [5.74, 6) is 0. The van der Waals surface area contributed by atoms with Crippen molar-refractivity contribution in [3.05, 3.63) is 28.2 Å². The second kappa shape index (κ2) is 6.58. The Kier molecular flexibility index (Phi) is 5.38. The zero-order valence-corrected chi connectivity index (χ0v) is 10.0. The Labute approximate surface area is 104 Å². The summed E-state index contributed by atoms with van der Waals surface area (Å²) in [4.78, 5) is 11.2. The molecule has 1 aromatic carbocycles. The van der Waals surface area contributed by atoms with E-state index in [9.17, 15) is 4.79 Å². The monoisotopic (exact) mass is 262 g/mol. The molecule has 0 fully saturated rings. The molecule has 0 saturated carbocycles. The average Bonchev–Trinajstić information content (AvgIpc) is 2.24. The first kappa shape index (κ1) is 13.1. The molecule has 0 saturated heterocycles. The Morgan fingerprint density at radius 1 is 1.38 bits per heavy atom. The Bertz CT molecular complexity index is 372. The fourth-order valence-electron chi connectivity index (χ4n) is 0.976. The van der Waals surface area contributed by atoms with Gasteiger partial charge in [-0.05, 0) is 31.2 Å². The fourth-order valence-corrected chi connectivity index (χ4v) is 1.27. The van der Waals surface area contributed by atoms with Gasteiger partial charge in [0.2, 0.25) is 0 Å². The van der Waals surface area contributed by atoms with Crippen LogP contribution in [0.25, 0.3) is 0 Å². The third-order valence-corrected chi connectivity index (χ3v) is 2.49. The molecule has 4 nitrogen and oxygen atoms in total. The molecular weight excluding hydrogens is 251 g/mol. The summed E-state index contributed by atoms with van der Waals surface area (Å²) in [7, 11) is 0. The van der Waals surface area contributed by atoms with Crippen LogP contribution in [0.5, 0.6) is 0 Å². The SMILES string of the molecule is NCCCOC(=O)Nc1ccc(Cl)c(Cl)c1. The standard InChI is InChI=1S/C10H12Cl2N2O2/c11-8-3-2-7(6-9(8)12)14-10(15)16-5-1-4-13/h2-3,6H,1,4-5,13H2,(H,14,15). The maximum Gasteiger partial charge on any atom is 0.411 e. The summed E-state index contributed by atoms with van der Waals surface area (Å²) >= 11 is 11.5. The Hall–Kier alpha value is -0.970. The second-order valence-corrected chi connectivity index (χ2v) is 3.85. The van der Waals surface area contributed by atoms with Crippen molar-refractivity contribution in [1.29, 1.82) is 0 Å². The van der Waals surface area contributed by atoms with Gasteiger partial charge in [0.05, 0.1) is 16.7 Å². The molecule has 0 aliphatic heterocycles. The van der Waals surface area contributed by atoms with Crippen LogP contribution in [0, 0.1) is 0 Å². The Morgan fingerprint density at radius 3 is 2.75 bits per heavy atom. The van der Waals surface area contributed by atoms with Crippen LogP contribution in [-0.4, -0.2) is 19.2 Å². The van der Waals surface area contributed by atoms with Crippen LogP contribution in [0.1, 0.15) is 6.42 Å². The van der Waals surface area contributed by atoms with Gasteiger partial charge in [0, 0.05) is 5.69 Å². The molecule has 0 radical (unpaired) electrons. The minimum atomic E-state index is -0.535. The van der Waals surface area contributed by atoms with Gasteiger partial charge in [-0.2, -0.15) is 0 Å². The van der Waals surface area contributed by atoms with E-state index in [1.165, 1.54) is 0 Å². The summed E-state index contributed by atoms with van der Waals surface area (Å²) in [6, 6.07) is 4.78. The molecule has 0 atom stereocenters. The van der Waals surface area contributed by atoms with Gasteiger partial charge in [-0.15, -0.1) is 0 Å². The predicted molar refractivity (Wildman–Crippen MR) is 65.1 cm³/mol. The molecule has 0 heterocycles. The van der Waals surface area contributed by atoms with Crippen LogP contribution < -0.4 is 11.1 Å². The number of rotatable bonds is 4. The summed E-state index contributed by atoms with van der Waals surface area (Å²) in [5.41, 5.74) is 5.79. The lowest BCUT2D eigenvalue weighted by Gasteiger charge is -2.07. The van der Waals surface area contributed by atoms with Gasteiger partial charge < -0.3 is 10.5 Å². The summed E-state index contributed by atoms with van der Waals surface area (Å²) in [6.07, 6.45) is 0.0984. The van der Waals surface area contributed by atoms with E-state index in [1.807, 2.05) is 0 Å². The third kappa shape index (κ3) is 4.26. The lowest BCUT2D eigenvalue weighted by Crippen LogP contribution is -2.15. The van der Waals surface area contributed by atoms with Gasteiger partial charge in [-0.1, -0.05) is 23.2 Å². The van der Waals surface area contributed by atoms with Gasteiger partial charge in [-0.25, -0.2) is 4.79 Å². The van der Waals surface area contributed by atoms with Crippen molar-refractivity contribution >= 4 is 35.0 Å². The first-order valence-corrected chi connectivity index (χ1v) is 5.48. The van der Waals surface area contributed by atoms with E-state index in [2.05, 4.69) is 5.32 Å². The number of carbonyl (C=O) groups is 1. The molecule has 0 aliphatic carbocycles. The van der Waals surface area contributed by atoms with Gasteiger partial charge >= 0.3 is 6.09 Å². The molecule has 0 aliphatic rings. The first-order valence-electron chi connectivity index (χ1n) is 4.72. The molecular formula is C10H12Cl2N2O2. The molecule has 1 aromatic rings.